The van der Waals surface area contributed by atoms with E-state index in [1.54, 1.807) is 0 Å². The Labute approximate surface area is 383 Å². The van der Waals surface area contributed by atoms with E-state index >= 15 is 0 Å². The summed E-state index contributed by atoms with van der Waals surface area (Å²) in [6, 6.07) is 0. The van der Waals surface area contributed by atoms with Crippen molar-refractivity contribution < 1.29 is 14.5 Å². The van der Waals surface area contributed by atoms with Crippen molar-refractivity contribution in [3.63, 3.8) is 0 Å². The van der Waals surface area contributed by atoms with E-state index in [4.69, 9.17) is 0 Å². The summed E-state index contributed by atoms with van der Waals surface area (Å²) in [6.07, 6.45) is 68.6. The van der Waals surface area contributed by atoms with Crippen LogP contribution < -0.4 is 10.2 Å². The lowest BCUT2D eigenvalue weighted by molar-refractivity contribution is -0.821. The van der Waals surface area contributed by atoms with Gasteiger partial charge in [0.05, 0.1) is 19.5 Å². The van der Waals surface area contributed by atoms with E-state index in [2.05, 4.69) is 62.5 Å². The highest BCUT2D eigenvalue weighted by molar-refractivity contribution is 5.76. The number of rotatable bonds is 50. The van der Waals surface area contributed by atoms with Gasteiger partial charge in [0.25, 0.3) is 0 Å². The Morgan fingerprint density at radius 1 is 0.328 bits per heavy atom. The minimum absolute atomic E-state index is 0.119. The van der Waals surface area contributed by atoms with Crippen molar-refractivity contribution in [1.29, 1.82) is 0 Å². The predicted octanol–water partition coefficient (Wildman–Crippen LogP) is 17.0. The van der Waals surface area contributed by atoms with Gasteiger partial charge in [-0.25, -0.2) is 4.79 Å². The van der Waals surface area contributed by atoms with E-state index in [0.29, 0.717) is 25.3 Å². The second-order valence-corrected chi connectivity index (χ2v) is 18.8. The SMILES string of the molecule is CCCCCCCC/C=C\CCCCCCCC[NH+](CCCCCCCC/C=C\CCCCCCCC)C(=O)CCNC(=O)CCCCCCC/C=C\CCCCCCCC. The number of carbonyl (C=O) groups is 2. The highest BCUT2D eigenvalue weighted by atomic mass is 16.2. The smallest absolute Gasteiger partial charge is 0.313 e. The molecule has 0 fully saturated rings. The fourth-order valence-corrected chi connectivity index (χ4v) is 8.51. The lowest BCUT2D eigenvalue weighted by atomic mass is 10.1. The summed E-state index contributed by atoms with van der Waals surface area (Å²) >= 11 is 0. The monoisotopic (exact) mass is 854 g/mol. The maximum Gasteiger partial charge on any atom is 0.313 e. The molecule has 0 aromatic carbocycles. The largest absolute Gasteiger partial charge is 0.355 e. The molecule has 0 saturated carbocycles. The van der Waals surface area contributed by atoms with Crippen LogP contribution in [0.4, 0.5) is 0 Å². The van der Waals surface area contributed by atoms with E-state index in [0.717, 1.165) is 43.7 Å². The van der Waals surface area contributed by atoms with Gasteiger partial charge in [0.1, 0.15) is 0 Å². The van der Waals surface area contributed by atoms with Crippen molar-refractivity contribution >= 4 is 11.8 Å². The normalized spacial score (nSPS) is 12.0. The van der Waals surface area contributed by atoms with Crippen LogP contribution in [0.5, 0.6) is 0 Å². The zero-order valence-corrected chi connectivity index (χ0v) is 41.8. The van der Waals surface area contributed by atoms with Gasteiger partial charge in [-0.2, -0.15) is 0 Å². The van der Waals surface area contributed by atoms with Crippen LogP contribution in [0, 0.1) is 0 Å². The van der Waals surface area contributed by atoms with E-state index < -0.39 is 0 Å². The summed E-state index contributed by atoms with van der Waals surface area (Å²) in [5.41, 5.74) is 0. The lowest BCUT2D eigenvalue weighted by Crippen LogP contribution is -3.14. The molecule has 0 bridgehead atoms. The fourth-order valence-electron chi connectivity index (χ4n) is 8.51. The third kappa shape index (κ3) is 49.2. The molecule has 0 rings (SSSR count). The number of hydrogen-bond donors (Lipinski definition) is 2. The average molecular weight is 855 g/mol. The average Bonchev–Trinajstić information content (AvgIpc) is 3.26. The molecule has 0 unspecified atom stereocenters. The Hall–Kier alpha value is -1.68. The van der Waals surface area contributed by atoms with Crippen LogP contribution in [0.2, 0.25) is 0 Å². The molecular formula is C57H109N2O2+. The molecule has 358 valence electrons. The number of quaternary nitrogens is 1. The molecule has 0 aliphatic heterocycles. The zero-order valence-electron chi connectivity index (χ0n) is 41.8. The number of hydrogen-bond acceptors (Lipinski definition) is 2. The van der Waals surface area contributed by atoms with Gasteiger partial charge in [0.2, 0.25) is 5.91 Å². The second-order valence-electron chi connectivity index (χ2n) is 18.8. The van der Waals surface area contributed by atoms with Gasteiger partial charge in [-0.3, -0.25) is 9.69 Å². The first-order valence-corrected chi connectivity index (χ1v) is 27.7. The van der Waals surface area contributed by atoms with Crippen LogP contribution in [0.25, 0.3) is 0 Å². The van der Waals surface area contributed by atoms with Crippen molar-refractivity contribution in [2.24, 2.45) is 0 Å². The molecule has 4 heteroatoms. The van der Waals surface area contributed by atoms with E-state index in [1.165, 1.54) is 238 Å². The molecule has 2 amide bonds. The number of unbranched alkanes of at least 4 members (excludes halogenated alkanes) is 35. The van der Waals surface area contributed by atoms with Crippen LogP contribution in [0.3, 0.4) is 0 Å². The predicted molar refractivity (Wildman–Crippen MR) is 272 cm³/mol. The number of carbonyl (C=O) groups excluding carboxylic acids is 2. The van der Waals surface area contributed by atoms with Crippen LogP contribution >= 0.6 is 0 Å². The summed E-state index contributed by atoms with van der Waals surface area (Å²) in [5.74, 6) is 0.426. The van der Waals surface area contributed by atoms with Crippen LogP contribution in [0.1, 0.15) is 297 Å². The third-order valence-corrected chi connectivity index (χ3v) is 12.7. The summed E-state index contributed by atoms with van der Waals surface area (Å²) in [7, 11) is 0. The van der Waals surface area contributed by atoms with Gasteiger partial charge in [-0.1, -0.05) is 211 Å². The molecule has 2 N–H and O–H groups in total. The molecule has 4 nitrogen and oxygen atoms in total. The Kier molecular flexibility index (Phi) is 51.2. The Morgan fingerprint density at radius 2 is 0.590 bits per heavy atom. The van der Waals surface area contributed by atoms with E-state index in [-0.39, 0.29) is 5.91 Å². The molecule has 0 aromatic heterocycles. The van der Waals surface area contributed by atoms with Crippen molar-refractivity contribution in [3.8, 4) is 0 Å². The number of allylic oxidation sites excluding steroid dienone is 6. The summed E-state index contributed by atoms with van der Waals surface area (Å²) in [6.45, 7) is 9.25. The standard InChI is InChI=1S/C57H108N2O2/c1-4-7-10-13-16-19-22-25-28-31-34-37-40-43-46-49-54-59(55-50-47-44-41-38-35-32-29-26-23-20-17-14-11-8-5-2)57(61)52-53-58-56(60)51-48-45-42-39-36-33-30-27-24-21-18-15-12-9-6-3/h25-30H,4-24,31-55H2,1-3H3,(H,58,60)/p+1/b28-25-,29-26-,30-27-. The van der Waals surface area contributed by atoms with Crippen molar-refractivity contribution in [2.45, 2.75) is 297 Å². The van der Waals surface area contributed by atoms with E-state index in [9.17, 15) is 9.59 Å². The van der Waals surface area contributed by atoms with Gasteiger partial charge in [0.15, 0.2) is 0 Å². The van der Waals surface area contributed by atoms with Gasteiger partial charge in [-0.15, -0.1) is 0 Å². The Morgan fingerprint density at radius 3 is 0.902 bits per heavy atom. The lowest BCUT2D eigenvalue weighted by Gasteiger charge is -2.17. The zero-order chi connectivity index (χ0) is 44.2. The molecule has 61 heavy (non-hydrogen) atoms. The molecule has 0 aromatic rings. The van der Waals surface area contributed by atoms with Crippen LogP contribution in [-0.2, 0) is 9.59 Å². The molecule has 0 aliphatic rings. The Balaban J connectivity index is 4.26. The van der Waals surface area contributed by atoms with Crippen molar-refractivity contribution in [1.82, 2.24) is 5.32 Å². The second kappa shape index (κ2) is 52.7. The minimum atomic E-state index is 0.119. The topological polar surface area (TPSA) is 50.6 Å². The maximum absolute atomic E-state index is 13.4. The van der Waals surface area contributed by atoms with Crippen LogP contribution in [0.15, 0.2) is 36.5 Å². The third-order valence-electron chi connectivity index (χ3n) is 12.7. The first-order chi connectivity index (χ1) is 30.2. The first-order valence-electron chi connectivity index (χ1n) is 27.7. The Bertz CT molecular complexity index is 928. The first kappa shape index (κ1) is 59.3. The van der Waals surface area contributed by atoms with Gasteiger partial charge in [0, 0.05) is 13.0 Å². The van der Waals surface area contributed by atoms with Crippen molar-refractivity contribution in [3.05, 3.63) is 36.5 Å². The fraction of sp³-hybridized carbons (Fsp3) is 0.860. The highest BCUT2D eigenvalue weighted by Gasteiger charge is 2.18. The van der Waals surface area contributed by atoms with E-state index in [1.807, 2.05) is 0 Å². The molecule has 0 aliphatic carbocycles. The van der Waals surface area contributed by atoms with Gasteiger partial charge in [-0.05, 0) is 109 Å². The van der Waals surface area contributed by atoms with Crippen molar-refractivity contribution in [2.75, 3.05) is 19.6 Å². The van der Waals surface area contributed by atoms with Gasteiger partial charge < -0.3 is 5.32 Å². The summed E-state index contributed by atoms with van der Waals surface area (Å²) < 4.78 is 0. The maximum atomic E-state index is 13.4. The quantitative estimate of drug-likeness (QED) is 0.0473. The summed E-state index contributed by atoms with van der Waals surface area (Å²) in [4.78, 5) is 27.1. The highest BCUT2D eigenvalue weighted by Crippen LogP contribution is 2.13. The molecule has 0 radical (unpaired) electrons. The molecule has 0 heterocycles. The number of amides is 2. The van der Waals surface area contributed by atoms with Crippen LogP contribution in [-0.4, -0.2) is 31.4 Å². The molecule has 0 saturated heterocycles. The number of nitrogens with one attached hydrogen (secondary N) is 2. The molecular weight excluding hydrogens is 745 g/mol. The molecule has 0 atom stereocenters. The van der Waals surface area contributed by atoms with Gasteiger partial charge >= 0.3 is 5.91 Å². The minimum Gasteiger partial charge on any atom is -0.355 e. The molecule has 0 spiro atoms. The summed E-state index contributed by atoms with van der Waals surface area (Å²) in [5, 5.41) is 3.07.